The minimum Gasteiger partial charge on any atom is -0.309 e. The minimum atomic E-state index is 0.281. The molecule has 0 radical (unpaired) electrons. The lowest BCUT2D eigenvalue weighted by atomic mass is 9.92. The normalized spacial score (nSPS) is 13.8. The largest absolute Gasteiger partial charge is 0.309 e. The van der Waals surface area contributed by atoms with Crippen molar-refractivity contribution >= 4 is 15.9 Å². The van der Waals surface area contributed by atoms with Crippen molar-refractivity contribution in [3.8, 4) is 0 Å². The molecule has 0 heterocycles. The molecule has 1 unspecified atom stereocenters. The summed E-state index contributed by atoms with van der Waals surface area (Å²) in [4.78, 5) is 2.25. The van der Waals surface area contributed by atoms with Crippen LogP contribution in [0.3, 0.4) is 0 Å². The molecule has 0 aliphatic carbocycles. The highest BCUT2D eigenvalue weighted by molar-refractivity contribution is 9.10. The summed E-state index contributed by atoms with van der Waals surface area (Å²) in [6.45, 7) is 8.98. The highest BCUT2D eigenvalue weighted by atomic mass is 79.9. The van der Waals surface area contributed by atoms with Gasteiger partial charge in [-0.3, -0.25) is 0 Å². The van der Waals surface area contributed by atoms with E-state index in [0.717, 1.165) is 24.0 Å². The zero-order chi connectivity index (χ0) is 14.5. The molecular weight excluding hydrogens is 300 g/mol. The van der Waals surface area contributed by atoms with E-state index in [1.54, 1.807) is 0 Å². The summed E-state index contributed by atoms with van der Waals surface area (Å²) >= 11 is 3.55. The van der Waals surface area contributed by atoms with E-state index in [4.69, 9.17) is 0 Å². The Morgan fingerprint density at radius 1 is 1.32 bits per heavy atom. The fraction of sp³-hybridized carbons (Fsp3) is 0.625. The Hall–Kier alpha value is -0.380. The molecule has 0 amide bonds. The molecule has 0 bridgehead atoms. The molecule has 1 N–H and O–H groups in total. The predicted octanol–water partition coefficient (Wildman–Crippen LogP) is 4.08. The van der Waals surface area contributed by atoms with E-state index in [9.17, 15) is 0 Å². The standard InChI is InChI=1S/C16H27BrN2/c1-6-15(13-8-7-9-14(17)10-13)18-11-16(2,3)12-19(4)5/h7-10,15,18H,6,11-12H2,1-5H3. The molecule has 1 rings (SSSR count). The van der Waals surface area contributed by atoms with Gasteiger partial charge in [0, 0.05) is 23.6 Å². The number of nitrogens with zero attached hydrogens (tertiary/aromatic N) is 1. The van der Waals surface area contributed by atoms with Crippen LogP contribution < -0.4 is 5.32 Å². The lowest BCUT2D eigenvalue weighted by molar-refractivity contribution is 0.224. The second-order valence-electron chi connectivity index (χ2n) is 6.30. The molecule has 1 aromatic rings. The van der Waals surface area contributed by atoms with Gasteiger partial charge in [0.25, 0.3) is 0 Å². The molecule has 0 aliphatic heterocycles. The summed E-state index contributed by atoms with van der Waals surface area (Å²) in [7, 11) is 4.26. The monoisotopic (exact) mass is 326 g/mol. The van der Waals surface area contributed by atoms with Crippen LogP contribution in [-0.2, 0) is 0 Å². The third-order valence-corrected chi connectivity index (χ3v) is 3.72. The average Bonchev–Trinajstić information content (AvgIpc) is 2.28. The zero-order valence-electron chi connectivity index (χ0n) is 12.8. The van der Waals surface area contributed by atoms with Crippen LogP contribution >= 0.6 is 15.9 Å². The van der Waals surface area contributed by atoms with Crippen molar-refractivity contribution in [1.82, 2.24) is 10.2 Å². The van der Waals surface area contributed by atoms with Crippen molar-refractivity contribution < 1.29 is 0 Å². The first-order valence-electron chi connectivity index (χ1n) is 6.97. The van der Waals surface area contributed by atoms with Gasteiger partial charge in [-0.1, -0.05) is 48.8 Å². The van der Waals surface area contributed by atoms with Crippen molar-refractivity contribution in [3.63, 3.8) is 0 Å². The van der Waals surface area contributed by atoms with E-state index in [1.807, 2.05) is 0 Å². The van der Waals surface area contributed by atoms with Crippen LogP contribution in [0.1, 0.15) is 38.8 Å². The second-order valence-corrected chi connectivity index (χ2v) is 7.21. The summed E-state index contributed by atoms with van der Waals surface area (Å²) in [5, 5.41) is 3.71. The van der Waals surface area contributed by atoms with E-state index < -0.39 is 0 Å². The third-order valence-electron chi connectivity index (χ3n) is 3.23. The number of halogens is 1. The minimum absolute atomic E-state index is 0.281. The lowest BCUT2D eigenvalue weighted by Crippen LogP contribution is -2.38. The Morgan fingerprint density at radius 2 is 2.00 bits per heavy atom. The van der Waals surface area contributed by atoms with Crippen molar-refractivity contribution in [2.24, 2.45) is 5.41 Å². The Labute approximate surface area is 126 Å². The predicted molar refractivity (Wildman–Crippen MR) is 87.5 cm³/mol. The van der Waals surface area contributed by atoms with Gasteiger partial charge in [-0.25, -0.2) is 0 Å². The van der Waals surface area contributed by atoms with Crippen molar-refractivity contribution in [2.75, 3.05) is 27.2 Å². The van der Waals surface area contributed by atoms with Gasteiger partial charge in [0.1, 0.15) is 0 Å². The van der Waals surface area contributed by atoms with E-state index in [-0.39, 0.29) is 5.41 Å². The Morgan fingerprint density at radius 3 is 2.53 bits per heavy atom. The first-order chi connectivity index (χ1) is 8.84. The van der Waals surface area contributed by atoms with E-state index in [0.29, 0.717) is 6.04 Å². The quantitative estimate of drug-likeness (QED) is 0.812. The summed E-state index contributed by atoms with van der Waals surface area (Å²) in [6, 6.07) is 9.02. The van der Waals surface area contributed by atoms with E-state index >= 15 is 0 Å². The maximum absolute atomic E-state index is 3.71. The lowest BCUT2D eigenvalue weighted by Gasteiger charge is -2.31. The fourth-order valence-corrected chi connectivity index (χ4v) is 2.95. The van der Waals surface area contributed by atoms with Crippen molar-refractivity contribution in [2.45, 2.75) is 33.2 Å². The van der Waals surface area contributed by atoms with Crippen LogP contribution in [0.2, 0.25) is 0 Å². The van der Waals surface area contributed by atoms with Crippen LogP contribution in [-0.4, -0.2) is 32.1 Å². The highest BCUT2D eigenvalue weighted by Crippen LogP contribution is 2.22. The molecule has 2 nitrogen and oxygen atoms in total. The first-order valence-corrected chi connectivity index (χ1v) is 7.77. The van der Waals surface area contributed by atoms with Crippen LogP contribution in [0.5, 0.6) is 0 Å². The van der Waals surface area contributed by atoms with Gasteiger partial charge in [-0.15, -0.1) is 0 Å². The summed E-state index contributed by atoms with van der Waals surface area (Å²) in [6.07, 6.45) is 1.11. The first kappa shape index (κ1) is 16.7. The van der Waals surface area contributed by atoms with Crippen LogP contribution in [0.15, 0.2) is 28.7 Å². The average molecular weight is 327 g/mol. The molecule has 1 atom stereocenters. The molecule has 19 heavy (non-hydrogen) atoms. The Bertz CT molecular complexity index is 388. The summed E-state index contributed by atoms with van der Waals surface area (Å²) in [5.41, 5.74) is 1.64. The molecule has 0 fully saturated rings. The summed E-state index contributed by atoms with van der Waals surface area (Å²) in [5.74, 6) is 0. The van der Waals surface area contributed by atoms with Gasteiger partial charge in [0.15, 0.2) is 0 Å². The van der Waals surface area contributed by atoms with Gasteiger partial charge in [0.05, 0.1) is 0 Å². The number of nitrogens with one attached hydrogen (secondary N) is 1. The maximum atomic E-state index is 3.71. The Kier molecular flexibility index (Phi) is 6.51. The molecule has 0 saturated heterocycles. The van der Waals surface area contributed by atoms with Crippen molar-refractivity contribution in [3.05, 3.63) is 34.3 Å². The zero-order valence-corrected chi connectivity index (χ0v) is 14.4. The number of rotatable bonds is 7. The van der Waals surface area contributed by atoms with Crippen molar-refractivity contribution in [1.29, 1.82) is 0 Å². The highest BCUT2D eigenvalue weighted by Gasteiger charge is 2.20. The smallest absolute Gasteiger partial charge is 0.0318 e. The molecular formula is C16H27BrN2. The van der Waals surface area contributed by atoms with Gasteiger partial charge >= 0.3 is 0 Å². The van der Waals surface area contributed by atoms with Crippen LogP contribution in [0, 0.1) is 5.41 Å². The van der Waals surface area contributed by atoms with Gasteiger partial charge < -0.3 is 10.2 Å². The van der Waals surface area contributed by atoms with E-state index in [1.165, 1.54) is 5.56 Å². The molecule has 108 valence electrons. The SMILES string of the molecule is CCC(NCC(C)(C)CN(C)C)c1cccc(Br)c1. The molecule has 0 aromatic heterocycles. The topological polar surface area (TPSA) is 15.3 Å². The number of benzene rings is 1. The molecule has 3 heteroatoms. The van der Waals surface area contributed by atoms with Gasteiger partial charge in [-0.05, 0) is 43.6 Å². The van der Waals surface area contributed by atoms with E-state index in [2.05, 4.69) is 85.3 Å². The fourth-order valence-electron chi connectivity index (χ4n) is 2.53. The molecule has 1 aromatic carbocycles. The van der Waals surface area contributed by atoms with Crippen LogP contribution in [0.25, 0.3) is 0 Å². The number of hydrogen-bond acceptors (Lipinski definition) is 2. The van der Waals surface area contributed by atoms with Gasteiger partial charge in [-0.2, -0.15) is 0 Å². The number of hydrogen-bond donors (Lipinski definition) is 1. The Balaban J connectivity index is 2.63. The third kappa shape index (κ3) is 6.07. The van der Waals surface area contributed by atoms with Gasteiger partial charge in [0.2, 0.25) is 0 Å². The molecule has 0 aliphatic rings. The molecule has 0 spiro atoms. The van der Waals surface area contributed by atoms with Crippen LogP contribution in [0.4, 0.5) is 0 Å². The summed E-state index contributed by atoms with van der Waals surface area (Å²) < 4.78 is 1.15. The maximum Gasteiger partial charge on any atom is 0.0318 e. The molecule has 0 saturated carbocycles. The second kappa shape index (κ2) is 7.41.